The molecule has 0 N–H and O–H groups in total. The highest BCUT2D eigenvalue weighted by atomic mass is 32.2. The maximum atomic E-state index is 12.9. The number of benzene rings is 1. The molecule has 1 saturated heterocycles. The molecular weight excluding hydrogens is 430 g/mol. The van der Waals surface area contributed by atoms with Gasteiger partial charge in [-0.15, -0.1) is 16.8 Å². The first-order valence-corrected chi connectivity index (χ1v) is 11.6. The molecule has 0 aliphatic carbocycles. The lowest BCUT2D eigenvalue weighted by atomic mass is 9.97. The fourth-order valence-corrected chi connectivity index (χ4v) is 4.81. The molecule has 1 aromatic carbocycles. The van der Waals surface area contributed by atoms with Gasteiger partial charge in [-0.25, -0.2) is 0 Å². The maximum Gasteiger partial charge on any atom is 0.309 e. The number of fused-ring (bicyclic) bond motifs is 3. The van der Waals surface area contributed by atoms with E-state index in [9.17, 15) is 14.4 Å². The van der Waals surface area contributed by atoms with Crippen molar-refractivity contribution in [3.05, 3.63) is 47.3 Å². The van der Waals surface area contributed by atoms with Crippen LogP contribution in [-0.4, -0.2) is 61.4 Å². The van der Waals surface area contributed by atoms with E-state index in [2.05, 4.69) is 16.8 Å². The zero-order chi connectivity index (χ0) is 22.7. The fourth-order valence-electron chi connectivity index (χ4n) is 3.96. The van der Waals surface area contributed by atoms with Crippen LogP contribution < -0.4 is 5.56 Å². The van der Waals surface area contributed by atoms with Gasteiger partial charge in [0.1, 0.15) is 0 Å². The van der Waals surface area contributed by atoms with Crippen LogP contribution in [0.15, 0.2) is 46.9 Å². The van der Waals surface area contributed by atoms with Gasteiger partial charge in [0.15, 0.2) is 5.16 Å². The van der Waals surface area contributed by atoms with Gasteiger partial charge in [0.25, 0.3) is 5.56 Å². The van der Waals surface area contributed by atoms with E-state index in [0.717, 1.165) is 0 Å². The van der Waals surface area contributed by atoms with E-state index in [-0.39, 0.29) is 29.1 Å². The predicted octanol–water partition coefficient (Wildman–Crippen LogP) is 2.12. The molecule has 0 atom stereocenters. The van der Waals surface area contributed by atoms with Gasteiger partial charge in [-0.1, -0.05) is 30.0 Å². The van der Waals surface area contributed by atoms with Crippen molar-refractivity contribution >= 4 is 40.3 Å². The lowest BCUT2D eigenvalue weighted by Gasteiger charge is -2.30. The van der Waals surface area contributed by atoms with E-state index >= 15 is 0 Å². The van der Waals surface area contributed by atoms with Gasteiger partial charge in [0.05, 0.1) is 29.2 Å². The third kappa shape index (κ3) is 4.14. The number of carbonyl (C=O) groups excluding carboxylic acids is 2. The second-order valence-electron chi connectivity index (χ2n) is 7.54. The van der Waals surface area contributed by atoms with Crippen LogP contribution in [0.1, 0.15) is 19.8 Å². The molecule has 3 aromatic rings. The minimum atomic E-state index is -0.179. The summed E-state index contributed by atoms with van der Waals surface area (Å²) in [4.78, 5) is 39.3. The second kappa shape index (κ2) is 9.56. The molecule has 1 aliphatic heterocycles. The van der Waals surface area contributed by atoms with Gasteiger partial charge in [-0.3, -0.25) is 23.4 Å². The minimum absolute atomic E-state index is 0.0159. The first-order chi connectivity index (χ1) is 15.5. The topological polar surface area (TPSA) is 98.8 Å². The summed E-state index contributed by atoms with van der Waals surface area (Å²) in [5.74, 6) is 0.276. The minimum Gasteiger partial charge on any atom is -0.466 e. The number of likely N-dealkylation sites (tertiary alicyclic amines) is 1. The van der Waals surface area contributed by atoms with Crippen LogP contribution in [0.5, 0.6) is 0 Å². The highest BCUT2D eigenvalue weighted by Gasteiger charge is 2.28. The first kappa shape index (κ1) is 22.1. The molecule has 1 amide bonds. The SMILES string of the molecule is C=CCn1c(=O)c2ccccc2n2c(SCC(=O)N3CCC(C(=O)OCC)CC3)nnc12. The van der Waals surface area contributed by atoms with E-state index < -0.39 is 0 Å². The highest BCUT2D eigenvalue weighted by Crippen LogP contribution is 2.24. The number of amides is 1. The average Bonchev–Trinajstić information content (AvgIpc) is 3.24. The number of thioether (sulfide) groups is 1. The van der Waals surface area contributed by atoms with E-state index in [1.807, 2.05) is 22.6 Å². The van der Waals surface area contributed by atoms with Crippen LogP contribution in [0.3, 0.4) is 0 Å². The number of hydrogen-bond donors (Lipinski definition) is 0. The number of allylic oxidation sites excluding steroid dienone is 1. The summed E-state index contributed by atoms with van der Waals surface area (Å²) >= 11 is 1.29. The molecule has 0 radical (unpaired) electrons. The van der Waals surface area contributed by atoms with E-state index in [4.69, 9.17) is 4.74 Å². The van der Waals surface area contributed by atoms with E-state index in [1.165, 1.54) is 16.3 Å². The molecule has 168 valence electrons. The smallest absolute Gasteiger partial charge is 0.309 e. The number of piperidine rings is 1. The van der Waals surface area contributed by atoms with E-state index in [0.29, 0.717) is 60.9 Å². The van der Waals surface area contributed by atoms with Gasteiger partial charge in [-0.05, 0) is 31.9 Å². The van der Waals surface area contributed by atoms with Crippen molar-refractivity contribution in [2.75, 3.05) is 25.4 Å². The Morgan fingerprint density at radius 1 is 1.25 bits per heavy atom. The largest absolute Gasteiger partial charge is 0.466 e. The standard InChI is InChI=1S/C22H25N5O4S/c1-3-11-26-19(29)16-7-5-6-8-17(16)27-21(26)23-24-22(27)32-14-18(28)25-12-9-15(10-13-25)20(30)31-4-2/h3,5-8,15H,1,4,9-14H2,2H3. The van der Waals surface area contributed by atoms with Crippen molar-refractivity contribution in [3.8, 4) is 0 Å². The lowest BCUT2D eigenvalue weighted by Crippen LogP contribution is -2.41. The predicted molar refractivity (Wildman–Crippen MR) is 122 cm³/mol. The lowest BCUT2D eigenvalue weighted by molar-refractivity contribution is -0.151. The Morgan fingerprint density at radius 2 is 2.00 bits per heavy atom. The summed E-state index contributed by atoms with van der Waals surface area (Å²) < 4.78 is 8.42. The van der Waals surface area contributed by atoms with Crippen molar-refractivity contribution in [1.29, 1.82) is 0 Å². The van der Waals surface area contributed by atoms with Crippen LogP contribution in [0.4, 0.5) is 0 Å². The highest BCUT2D eigenvalue weighted by molar-refractivity contribution is 7.99. The molecule has 32 heavy (non-hydrogen) atoms. The van der Waals surface area contributed by atoms with Gasteiger partial charge in [0, 0.05) is 19.6 Å². The number of esters is 1. The zero-order valence-corrected chi connectivity index (χ0v) is 18.7. The summed E-state index contributed by atoms with van der Waals surface area (Å²) in [6.45, 7) is 7.27. The molecule has 10 heteroatoms. The normalized spacial score (nSPS) is 14.7. The molecular formula is C22H25N5O4S. The van der Waals surface area contributed by atoms with Gasteiger partial charge < -0.3 is 9.64 Å². The summed E-state index contributed by atoms with van der Waals surface area (Å²) in [5.41, 5.74) is 0.542. The molecule has 0 bridgehead atoms. The van der Waals surface area contributed by atoms with Crippen molar-refractivity contribution in [3.63, 3.8) is 0 Å². The Labute approximate surface area is 189 Å². The van der Waals surface area contributed by atoms with Crippen LogP contribution in [-0.2, 0) is 20.9 Å². The molecule has 0 saturated carbocycles. The Morgan fingerprint density at radius 3 is 2.72 bits per heavy atom. The summed E-state index contributed by atoms with van der Waals surface area (Å²) in [7, 11) is 0. The summed E-state index contributed by atoms with van der Waals surface area (Å²) in [6, 6.07) is 7.28. The molecule has 0 unspecified atom stereocenters. The monoisotopic (exact) mass is 455 g/mol. The number of para-hydroxylation sites is 1. The van der Waals surface area contributed by atoms with Crippen LogP contribution in [0, 0.1) is 5.92 Å². The molecule has 3 heterocycles. The number of ether oxygens (including phenoxy) is 1. The van der Waals surface area contributed by atoms with Crippen molar-refractivity contribution in [1.82, 2.24) is 24.1 Å². The van der Waals surface area contributed by atoms with Crippen LogP contribution in [0.25, 0.3) is 16.7 Å². The molecule has 1 fully saturated rings. The van der Waals surface area contributed by atoms with Crippen molar-refractivity contribution in [2.45, 2.75) is 31.5 Å². The van der Waals surface area contributed by atoms with Crippen molar-refractivity contribution < 1.29 is 14.3 Å². The second-order valence-corrected chi connectivity index (χ2v) is 8.48. The molecule has 9 nitrogen and oxygen atoms in total. The van der Waals surface area contributed by atoms with E-state index in [1.54, 1.807) is 24.0 Å². The fraction of sp³-hybridized carbons (Fsp3) is 0.409. The average molecular weight is 456 g/mol. The van der Waals surface area contributed by atoms with Crippen LogP contribution in [0.2, 0.25) is 0 Å². The number of nitrogens with zero attached hydrogens (tertiary/aromatic N) is 5. The molecule has 2 aromatic heterocycles. The van der Waals surface area contributed by atoms with Gasteiger partial charge in [-0.2, -0.15) is 0 Å². The number of carbonyl (C=O) groups is 2. The summed E-state index contributed by atoms with van der Waals surface area (Å²) in [6.07, 6.45) is 2.87. The number of hydrogen-bond acceptors (Lipinski definition) is 7. The molecule has 1 aliphatic rings. The Balaban J connectivity index is 1.52. The molecule has 4 rings (SSSR count). The Bertz CT molecular complexity index is 1230. The third-order valence-electron chi connectivity index (χ3n) is 5.58. The first-order valence-electron chi connectivity index (χ1n) is 10.6. The maximum absolute atomic E-state index is 12.9. The van der Waals surface area contributed by atoms with Crippen molar-refractivity contribution in [2.24, 2.45) is 5.92 Å². The quantitative estimate of drug-likeness (QED) is 0.306. The third-order valence-corrected chi connectivity index (χ3v) is 6.50. The number of rotatable bonds is 7. The molecule has 0 spiro atoms. The van der Waals surface area contributed by atoms with Crippen LogP contribution >= 0.6 is 11.8 Å². The Kier molecular flexibility index (Phi) is 6.59. The Hall–Kier alpha value is -3.14. The zero-order valence-electron chi connectivity index (χ0n) is 17.9. The van der Waals surface area contributed by atoms with Gasteiger partial charge in [0.2, 0.25) is 11.7 Å². The summed E-state index contributed by atoms with van der Waals surface area (Å²) in [5, 5.41) is 9.57. The number of aromatic nitrogens is 4. The van der Waals surface area contributed by atoms with Gasteiger partial charge >= 0.3 is 5.97 Å².